The van der Waals surface area contributed by atoms with E-state index in [1.165, 1.54) is 7.11 Å². The number of aryl methyl sites for hydroxylation is 1. The minimum Gasteiger partial charge on any atom is -0.493 e. The van der Waals surface area contributed by atoms with E-state index in [-0.39, 0.29) is 12.3 Å². The van der Waals surface area contributed by atoms with Gasteiger partial charge in [-0.05, 0) is 48.7 Å². The van der Waals surface area contributed by atoms with Crippen molar-refractivity contribution in [3.8, 4) is 11.5 Å². The molecule has 0 aliphatic carbocycles. The molecular weight excluding hydrogens is 346 g/mol. The molecule has 2 aromatic carbocycles. The molecule has 2 aromatic rings. The van der Waals surface area contributed by atoms with Crippen LogP contribution in [0.3, 0.4) is 0 Å². The molecule has 0 spiro atoms. The van der Waals surface area contributed by atoms with Gasteiger partial charge in [0.25, 0.3) is 5.91 Å². The van der Waals surface area contributed by atoms with Crippen LogP contribution in [0.5, 0.6) is 11.5 Å². The predicted octanol–water partition coefficient (Wildman–Crippen LogP) is 4.14. The molecule has 27 heavy (non-hydrogen) atoms. The van der Waals surface area contributed by atoms with Crippen molar-refractivity contribution in [3.63, 3.8) is 0 Å². The number of carbonyl (C=O) groups is 2. The van der Waals surface area contributed by atoms with Gasteiger partial charge in [0.2, 0.25) is 0 Å². The number of ether oxygens (including phenoxy) is 2. The summed E-state index contributed by atoms with van der Waals surface area (Å²) in [6, 6.07) is 12.2. The summed E-state index contributed by atoms with van der Waals surface area (Å²) in [6.45, 7) is 2.69. The average molecular weight is 371 g/mol. The highest BCUT2D eigenvalue weighted by molar-refractivity contribution is 6.04. The first-order valence-corrected chi connectivity index (χ1v) is 8.96. The first-order chi connectivity index (χ1) is 13.0. The molecule has 6 heteroatoms. The number of rotatable bonds is 10. The lowest BCUT2D eigenvalue weighted by molar-refractivity contribution is -0.136. The van der Waals surface area contributed by atoms with E-state index in [2.05, 4.69) is 12.2 Å². The number of aliphatic carboxylic acids is 1. The van der Waals surface area contributed by atoms with Crippen molar-refractivity contribution >= 4 is 17.6 Å². The molecule has 0 aromatic heterocycles. The van der Waals surface area contributed by atoms with Gasteiger partial charge in [-0.3, -0.25) is 9.59 Å². The van der Waals surface area contributed by atoms with Gasteiger partial charge in [0.15, 0.2) is 11.5 Å². The Morgan fingerprint density at radius 1 is 1.11 bits per heavy atom. The van der Waals surface area contributed by atoms with E-state index in [0.29, 0.717) is 35.8 Å². The topological polar surface area (TPSA) is 84.9 Å². The van der Waals surface area contributed by atoms with E-state index >= 15 is 0 Å². The third kappa shape index (κ3) is 6.33. The van der Waals surface area contributed by atoms with E-state index in [1.54, 1.807) is 36.4 Å². The Morgan fingerprint density at radius 3 is 2.63 bits per heavy atom. The van der Waals surface area contributed by atoms with Gasteiger partial charge in [0.1, 0.15) is 0 Å². The lowest BCUT2D eigenvalue weighted by Crippen LogP contribution is -2.12. The summed E-state index contributed by atoms with van der Waals surface area (Å²) in [5.74, 6) is -0.00583. The zero-order valence-corrected chi connectivity index (χ0v) is 15.7. The SMILES string of the molecule is CCCCOc1ccc(C(=O)Nc2cccc(CCC(=O)O)c2)cc1OC. The molecule has 2 N–H and O–H groups in total. The standard InChI is InChI=1S/C21H25NO5/c1-3-4-12-27-18-10-9-16(14-19(18)26-2)21(25)22-17-7-5-6-15(13-17)8-11-20(23)24/h5-7,9-10,13-14H,3-4,8,11-12H2,1-2H3,(H,22,25)(H,23,24). The Morgan fingerprint density at radius 2 is 1.93 bits per heavy atom. The van der Waals surface area contributed by atoms with Crippen molar-refractivity contribution in [2.45, 2.75) is 32.6 Å². The first-order valence-electron chi connectivity index (χ1n) is 8.96. The lowest BCUT2D eigenvalue weighted by atomic mass is 10.1. The van der Waals surface area contributed by atoms with Crippen molar-refractivity contribution in [2.24, 2.45) is 0 Å². The minimum atomic E-state index is -0.849. The number of anilines is 1. The van der Waals surface area contributed by atoms with E-state index in [9.17, 15) is 9.59 Å². The molecule has 0 heterocycles. The molecule has 0 fully saturated rings. The summed E-state index contributed by atoms with van der Waals surface area (Å²) < 4.78 is 11.0. The number of nitrogens with one attached hydrogen (secondary N) is 1. The number of benzene rings is 2. The summed E-state index contributed by atoms with van der Waals surface area (Å²) in [5, 5.41) is 11.6. The first kappa shape index (κ1) is 20.3. The quantitative estimate of drug-likeness (QED) is 0.613. The number of unbranched alkanes of at least 4 members (excludes halogenated alkanes) is 1. The number of amides is 1. The molecule has 6 nitrogen and oxygen atoms in total. The van der Waals surface area contributed by atoms with Crippen LogP contribution in [-0.4, -0.2) is 30.7 Å². The van der Waals surface area contributed by atoms with Crippen molar-refractivity contribution in [1.29, 1.82) is 0 Å². The smallest absolute Gasteiger partial charge is 0.303 e. The number of carboxylic acid groups (broad SMARTS) is 1. The molecule has 0 radical (unpaired) electrons. The molecule has 0 aliphatic heterocycles. The zero-order valence-electron chi connectivity index (χ0n) is 15.7. The zero-order chi connectivity index (χ0) is 19.6. The molecule has 0 saturated heterocycles. The monoisotopic (exact) mass is 371 g/mol. The Balaban J connectivity index is 2.07. The highest BCUT2D eigenvalue weighted by atomic mass is 16.5. The van der Waals surface area contributed by atoms with Gasteiger partial charge in [0.05, 0.1) is 13.7 Å². The van der Waals surface area contributed by atoms with Crippen LogP contribution in [0.4, 0.5) is 5.69 Å². The largest absolute Gasteiger partial charge is 0.493 e. The Hall–Kier alpha value is -3.02. The molecule has 0 unspecified atom stereocenters. The van der Waals surface area contributed by atoms with Gasteiger partial charge in [-0.1, -0.05) is 25.5 Å². The Kier molecular flexibility index (Phi) is 7.67. The van der Waals surface area contributed by atoms with Gasteiger partial charge in [0, 0.05) is 17.7 Å². The van der Waals surface area contributed by atoms with Crippen LogP contribution in [0, 0.1) is 0 Å². The summed E-state index contributed by atoms with van der Waals surface area (Å²) in [4.78, 5) is 23.2. The third-order valence-electron chi connectivity index (χ3n) is 3.99. The Labute approximate surface area is 159 Å². The number of hydrogen-bond acceptors (Lipinski definition) is 4. The van der Waals surface area contributed by atoms with E-state index in [0.717, 1.165) is 18.4 Å². The van der Waals surface area contributed by atoms with Crippen LogP contribution in [-0.2, 0) is 11.2 Å². The molecule has 2 rings (SSSR count). The highest BCUT2D eigenvalue weighted by Gasteiger charge is 2.12. The number of carboxylic acids is 1. The van der Waals surface area contributed by atoms with Crippen LogP contribution >= 0.6 is 0 Å². The second kappa shape index (κ2) is 10.2. The van der Waals surface area contributed by atoms with E-state index in [1.807, 2.05) is 6.07 Å². The van der Waals surface area contributed by atoms with Gasteiger partial charge in [-0.15, -0.1) is 0 Å². The average Bonchev–Trinajstić information content (AvgIpc) is 2.67. The fourth-order valence-corrected chi connectivity index (χ4v) is 2.51. The highest BCUT2D eigenvalue weighted by Crippen LogP contribution is 2.28. The van der Waals surface area contributed by atoms with Crippen LogP contribution in [0.2, 0.25) is 0 Å². The van der Waals surface area contributed by atoms with Crippen LogP contribution in [0.1, 0.15) is 42.1 Å². The maximum Gasteiger partial charge on any atom is 0.303 e. The number of methoxy groups -OCH3 is 1. The lowest BCUT2D eigenvalue weighted by Gasteiger charge is -2.12. The maximum atomic E-state index is 12.5. The maximum absolute atomic E-state index is 12.5. The van der Waals surface area contributed by atoms with Gasteiger partial charge >= 0.3 is 5.97 Å². The van der Waals surface area contributed by atoms with Crippen LogP contribution in [0.25, 0.3) is 0 Å². The van der Waals surface area contributed by atoms with Crippen LogP contribution in [0.15, 0.2) is 42.5 Å². The molecule has 0 atom stereocenters. The molecule has 144 valence electrons. The predicted molar refractivity (Wildman–Crippen MR) is 104 cm³/mol. The molecule has 0 aliphatic rings. The van der Waals surface area contributed by atoms with E-state index < -0.39 is 5.97 Å². The van der Waals surface area contributed by atoms with E-state index in [4.69, 9.17) is 14.6 Å². The van der Waals surface area contributed by atoms with Crippen molar-refractivity contribution in [2.75, 3.05) is 19.0 Å². The second-order valence-corrected chi connectivity index (χ2v) is 6.12. The molecule has 1 amide bonds. The third-order valence-corrected chi connectivity index (χ3v) is 3.99. The fraction of sp³-hybridized carbons (Fsp3) is 0.333. The molecule has 0 saturated carbocycles. The van der Waals surface area contributed by atoms with Gasteiger partial charge in [-0.25, -0.2) is 0 Å². The fourth-order valence-electron chi connectivity index (χ4n) is 2.51. The summed E-state index contributed by atoms with van der Waals surface area (Å²) in [5.41, 5.74) is 1.92. The van der Waals surface area contributed by atoms with Crippen molar-refractivity contribution in [3.05, 3.63) is 53.6 Å². The normalized spacial score (nSPS) is 10.3. The summed E-state index contributed by atoms with van der Waals surface area (Å²) in [6.07, 6.45) is 2.45. The Bertz CT molecular complexity index is 788. The minimum absolute atomic E-state index is 0.0497. The van der Waals surface area contributed by atoms with Crippen molar-refractivity contribution in [1.82, 2.24) is 0 Å². The second-order valence-electron chi connectivity index (χ2n) is 6.12. The number of hydrogen-bond donors (Lipinski definition) is 2. The summed E-state index contributed by atoms with van der Waals surface area (Å²) >= 11 is 0. The molecular formula is C21H25NO5. The van der Waals surface area contributed by atoms with Crippen molar-refractivity contribution < 1.29 is 24.2 Å². The van der Waals surface area contributed by atoms with Crippen LogP contribution < -0.4 is 14.8 Å². The van der Waals surface area contributed by atoms with Gasteiger partial charge in [-0.2, -0.15) is 0 Å². The molecule has 0 bridgehead atoms. The van der Waals surface area contributed by atoms with Gasteiger partial charge < -0.3 is 19.9 Å². The summed E-state index contributed by atoms with van der Waals surface area (Å²) in [7, 11) is 1.54. The number of carbonyl (C=O) groups excluding carboxylic acids is 1.